The predicted molar refractivity (Wildman–Crippen MR) is 121 cm³/mol. The van der Waals surface area contributed by atoms with Crippen molar-refractivity contribution >= 4 is 23.6 Å². The average Bonchev–Trinajstić information content (AvgIpc) is 3.13. The molecule has 0 saturated heterocycles. The topological polar surface area (TPSA) is 49.4 Å². The zero-order chi connectivity index (χ0) is 21.6. The number of halogens is 1. The Morgan fingerprint density at radius 2 is 1.68 bits per heavy atom. The van der Waals surface area contributed by atoms with Crippen molar-refractivity contribution in [3.8, 4) is 0 Å². The summed E-state index contributed by atoms with van der Waals surface area (Å²) in [6.07, 6.45) is 0. The maximum atomic E-state index is 13.1. The molecule has 0 unspecified atom stereocenters. The molecule has 0 bridgehead atoms. The molecule has 4 nitrogen and oxygen atoms in total. The Hall–Kier alpha value is -3.12. The summed E-state index contributed by atoms with van der Waals surface area (Å²) in [5, 5.41) is 2.92. The first-order chi connectivity index (χ1) is 15.1. The van der Waals surface area contributed by atoms with Gasteiger partial charge in [0.2, 0.25) is 5.91 Å². The molecule has 1 aliphatic heterocycles. The fourth-order valence-corrected chi connectivity index (χ4v) is 4.71. The number of carbonyl (C=O) groups is 2. The molecule has 0 spiro atoms. The van der Waals surface area contributed by atoms with Crippen molar-refractivity contribution in [2.45, 2.75) is 24.9 Å². The minimum atomic E-state index is -0.589. The zero-order valence-electron chi connectivity index (χ0n) is 17.0. The number of nitrogens with one attached hydrogen (secondary N) is 1. The van der Waals surface area contributed by atoms with Crippen molar-refractivity contribution in [3.63, 3.8) is 0 Å². The summed E-state index contributed by atoms with van der Waals surface area (Å²) in [4.78, 5) is 27.8. The quantitative estimate of drug-likeness (QED) is 0.572. The lowest BCUT2D eigenvalue weighted by molar-refractivity contribution is -0.125. The highest BCUT2D eigenvalue weighted by molar-refractivity contribution is 7.98. The minimum Gasteiger partial charge on any atom is -0.350 e. The third-order valence-electron chi connectivity index (χ3n) is 5.30. The Bertz CT molecular complexity index is 1060. The second-order valence-corrected chi connectivity index (χ2v) is 8.48. The first kappa shape index (κ1) is 21.1. The molecule has 1 atom stereocenters. The van der Waals surface area contributed by atoms with Gasteiger partial charge in [0, 0.05) is 30.2 Å². The van der Waals surface area contributed by atoms with Gasteiger partial charge in [-0.05, 0) is 34.9 Å². The van der Waals surface area contributed by atoms with Gasteiger partial charge in [0.1, 0.15) is 11.9 Å². The van der Waals surface area contributed by atoms with Crippen molar-refractivity contribution in [3.05, 3.63) is 107 Å². The molecule has 158 valence electrons. The van der Waals surface area contributed by atoms with E-state index in [-0.39, 0.29) is 24.2 Å². The maximum absolute atomic E-state index is 13.1. The molecular weight excluding hydrogens is 411 g/mol. The van der Waals surface area contributed by atoms with Crippen LogP contribution in [0.15, 0.2) is 78.9 Å². The number of nitrogens with zero attached hydrogens (tertiary/aromatic N) is 1. The van der Waals surface area contributed by atoms with Crippen LogP contribution in [0.5, 0.6) is 0 Å². The van der Waals surface area contributed by atoms with Crippen LogP contribution < -0.4 is 5.32 Å². The number of carbonyl (C=O) groups excluding carboxylic acids is 2. The molecule has 1 heterocycles. The Balaban J connectivity index is 1.46. The van der Waals surface area contributed by atoms with E-state index in [9.17, 15) is 14.0 Å². The van der Waals surface area contributed by atoms with Gasteiger partial charge in [-0.15, -0.1) is 0 Å². The van der Waals surface area contributed by atoms with E-state index in [1.54, 1.807) is 28.8 Å². The van der Waals surface area contributed by atoms with Gasteiger partial charge in [-0.2, -0.15) is 11.8 Å². The minimum absolute atomic E-state index is 0.113. The summed E-state index contributed by atoms with van der Waals surface area (Å²) >= 11 is 1.63. The summed E-state index contributed by atoms with van der Waals surface area (Å²) in [6, 6.07) is 23.0. The van der Waals surface area contributed by atoms with Crippen LogP contribution in [0.3, 0.4) is 0 Å². The zero-order valence-corrected chi connectivity index (χ0v) is 17.8. The van der Waals surface area contributed by atoms with Crippen LogP contribution in [-0.4, -0.2) is 28.5 Å². The lowest BCUT2D eigenvalue weighted by atomic mass is 10.1. The predicted octanol–water partition coefficient (Wildman–Crippen LogP) is 4.40. The molecule has 0 aromatic heterocycles. The van der Waals surface area contributed by atoms with Crippen LogP contribution in [0.1, 0.15) is 27.0 Å². The summed E-state index contributed by atoms with van der Waals surface area (Å²) in [5.41, 5.74) is 3.58. The van der Waals surface area contributed by atoms with E-state index in [1.165, 1.54) is 17.7 Å². The molecule has 4 rings (SSSR count). The van der Waals surface area contributed by atoms with Crippen molar-refractivity contribution < 1.29 is 14.0 Å². The van der Waals surface area contributed by atoms with Crippen LogP contribution in [0.2, 0.25) is 0 Å². The third-order valence-corrected chi connectivity index (χ3v) is 6.38. The van der Waals surface area contributed by atoms with Gasteiger partial charge in [-0.25, -0.2) is 4.39 Å². The van der Waals surface area contributed by atoms with E-state index in [1.807, 2.05) is 54.6 Å². The monoisotopic (exact) mass is 434 g/mol. The standard InChI is InChI=1S/C25H23FN2O2S/c26-21-12-10-18(11-13-21)14-27-24(29)23(17-31-16-19-6-2-1-3-7-19)28-15-20-8-4-5-9-22(20)25(28)30/h1-13,23H,14-17H2,(H,27,29)/t23-/m0/s1. The van der Waals surface area contributed by atoms with Gasteiger partial charge < -0.3 is 10.2 Å². The van der Waals surface area contributed by atoms with Crippen molar-refractivity contribution in [2.24, 2.45) is 0 Å². The average molecular weight is 435 g/mol. The van der Waals surface area contributed by atoms with Gasteiger partial charge in [0.05, 0.1) is 0 Å². The van der Waals surface area contributed by atoms with E-state index in [4.69, 9.17) is 0 Å². The van der Waals surface area contributed by atoms with Gasteiger partial charge in [-0.3, -0.25) is 9.59 Å². The lowest BCUT2D eigenvalue weighted by Gasteiger charge is -2.27. The normalized spacial score (nSPS) is 13.7. The van der Waals surface area contributed by atoms with Crippen molar-refractivity contribution in [2.75, 3.05) is 5.75 Å². The van der Waals surface area contributed by atoms with Gasteiger partial charge in [-0.1, -0.05) is 60.7 Å². The molecule has 6 heteroatoms. The van der Waals surface area contributed by atoms with Crippen LogP contribution in [0.25, 0.3) is 0 Å². The molecule has 0 radical (unpaired) electrons. The molecule has 0 aliphatic carbocycles. The number of rotatable bonds is 8. The fraction of sp³-hybridized carbons (Fsp3) is 0.200. The number of fused-ring (bicyclic) bond motifs is 1. The first-order valence-electron chi connectivity index (χ1n) is 10.1. The number of hydrogen-bond donors (Lipinski definition) is 1. The highest BCUT2D eigenvalue weighted by Crippen LogP contribution is 2.26. The maximum Gasteiger partial charge on any atom is 0.255 e. The van der Waals surface area contributed by atoms with Crippen LogP contribution >= 0.6 is 11.8 Å². The molecule has 0 fully saturated rings. The van der Waals surface area contributed by atoms with E-state index in [0.717, 1.165) is 16.9 Å². The summed E-state index contributed by atoms with van der Waals surface area (Å²) in [6.45, 7) is 0.712. The third kappa shape index (κ3) is 5.14. The van der Waals surface area contributed by atoms with Crippen LogP contribution in [-0.2, 0) is 23.6 Å². The van der Waals surface area contributed by atoms with E-state index in [2.05, 4.69) is 5.32 Å². The molecular formula is C25H23FN2O2S. The van der Waals surface area contributed by atoms with E-state index in [0.29, 0.717) is 17.9 Å². The van der Waals surface area contributed by atoms with E-state index < -0.39 is 6.04 Å². The lowest BCUT2D eigenvalue weighted by Crippen LogP contribution is -2.48. The number of hydrogen-bond acceptors (Lipinski definition) is 3. The molecule has 1 N–H and O–H groups in total. The fourth-order valence-electron chi connectivity index (χ4n) is 3.61. The highest BCUT2D eigenvalue weighted by atomic mass is 32.2. The second kappa shape index (κ2) is 9.79. The Morgan fingerprint density at radius 1 is 0.968 bits per heavy atom. The van der Waals surface area contributed by atoms with E-state index >= 15 is 0 Å². The Morgan fingerprint density at radius 3 is 2.42 bits per heavy atom. The molecule has 0 saturated carbocycles. The molecule has 31 heavy (non-hydrogen) atoms. The highest BCUT2D eigenvalue weighted by Gasteiger charge is 2.36. The molecule has 2 amide bonds. The number of amides is 2. The van der Waals surface area contributed by atoms with Crippen LogP contribution in [0.4, 0.5) is 4.39 Å². The van der Waals surface area contributed by atoms with Crippen LogP contribution in [0, 0.1) is 5.82 Å². The SMILES string of the molecule is O=C(NCc1ccc(F)cc1)[C@H](CSCc1ccccc1)N1Cc2ccccc2C1=O. The van der Waals surface area contributed by atoms with Gasteiger partial charge in [0.25, 0.3) is 5.91 Å². The Kier molecular flexibility index (Phi) is 6.67. The summed E-state index contributed by atoms with van der Waals surface area (Å²) < 4.78 is 13.1. The van der Waals surface area contributed by atoms with Gasteiger partial charge in [0.15, 0.2) is 0 Å². The molecule has 1 aliphatic rings. The number of thioether (sulfide) groups is 1. The Labute approximate surface area is 185 Å². The first-order valence-corrected chi connectivity index (χ1v) is 11.3. The summed E-state index contributed by atoms with van der Waals surface area (Å²) in [7, 11) is 0. The largest absolute Gasteiger partial charge is 0.350 e. The molecule has 3 aromatic rings. The summed E-state index contributed by atoms with van der Waals surface area (Å²) in [5.74, 6) is 0.621. The molecule has 3 aromatic carbocycles. The van der Waals surface area contributed by atoms with Gasteiger partial charge >= 0.3 is 0 Å². The second-order valence-electron chi connectivity index (χ2n) is 7.45. The number of benzene rings is 3. The van der Waals surface area contributed by atoms with Crippen molar-refractivity contribution in [1.82, 2.24) is 10.2 Å². The smallest absolute Gasteiger partial charge is 0.255 e. The van der Waals surface area contributed by atoms with Crippen molar-refractivity contribution in [1.29, 1.82) is 0 Å².